The van der Waals surface area contributed by atoms with Crippen LogP contribution in [0.3, 0.4) is 0 Å². The zero-order chi connectivity index (χ0) is 22.6. The number of aryl methyl sites for hydroxylation is 2. The molecule has 0 radical (unpaired) electrons. The van der Waals surface area contributed by atoms with Gasteiger partial charge < -0.3 is 9.64 Å². The van der Waals surface area contributed by atoms with Crippen LogP contribution in [0.5, 0.6) is 0 Å². The van der Waals surface area contributed by atoms with E-state index in [1.165, 1.54) is 0 Å². The average molecular weight is 445 g/mol. The van der Waals surface area contributed by atoms with Crippen molar-refractivity contribution < 1.29 is 17.9 Å². The second-order valence-corrected chi connectivity index (χ2v) is 10.2. The highest BCUT2D eigenvalue weighted by molar-refractivity contribution is 7.92. The Hall–Kier alpha value is -2.38. The average Bonchev–Trinajstić information content (AvgIpc) is 3.12. The van der Waals surface area contributed by atoms with Crippen LogP contribution in [-0.4, -0.2) is 51.3 Å². The molecule has 0 bridgehead atoms. The molecule has 0 aliphatic carbocycles. The van der Waals surface area contributed by atoms with Crippen LogP contribution in [0.4, 0.5) is 5.69 Å². The number of hydrogen-bond donors (Lipinski definition) is 1. The number of anilines is 1. The number of nitrogens with zero attached hydrogens (tertiary/aromatic N) is 1. The molecule has 6 nitrogen and oxygen atoms in total. The van der Waals surface area contributed by atoms with Crippen molar-refractivity contribution in [3.05, 3.63) is 64.7 Å². The number of benzene rings is 2. The fraction of sp³-hybridized carbons (Fsp3) is 0.458. The number of methoxy groups -OCH3 is 1. The minimum atomic E-state index is -3.33. The van der Waals surface area contributed by atoms with Gasteiger partial charge in [-0.2, -0.15) is 0 Å². The Bertz CT molecular complexity index is 1040. The highest BCUT2D eigenvalue weighted by Crippen LogP contribution is 2.27. The summed E-state index contributed by atoms with van der Waals surface area (Å²) in [6.45, 7) is 6.94. The van der Waals surface area contributed by atoms with Crippen LogP contribution in [0.1, 0.15) is 40.4 Å². The molecule has 2 unspecified atom stereocenters. The molecule has 1 aliphatic rings. The van der Waals surface area contributed by atoms with E-state index >= 15 is 0 Å². The number of nitrogens with one attached hydrogen (secondary N) is 1. The largest absolute Gasteiger partial charge is 0.379 e. The Morgan fingerprint density at radius 1 is 1.16 bits per heavy atom. The van der Waals surface area contributed by atoms with Crippen molar-refractivity contribution in [3.63, 3.8) is 0 Å². The molecule has 0 saturated carbocycles. The molecule has 1 heterocycles. The zero-order valence-electron chi connectivity index (χ0n) is 18.7. The molecule has 2 aromatic carbocycles. The predicted molar refractivity (Wildman–Crippen MR) is 124 cm³/mol. The summed E-state index contributed by atoms with van der Waals surface area (Å²) in [7, 11) is -1.65. The molecular formula is C24H32N2O4S. The number of likely N-dealkylation sites (tertiary alicyclic amines) is 1. The third kappa shape index (κ3) is 5.86. The summed E-state index contributed by atoms with van der Waals surface area (Å²) in [6.07, 6.45) is 1.21. The predicted octanol–water partition coefficient (Wildman–Crippen LogP) is 3.78. The molecule has 31 heavy (non-hydrogen) atoms. The highest BCUT2D eigenvalue weighted by Gasteiger charge is 2.36. The smallest absolute Gasteiger partial charge is 0.254 e. The van der Waals surface area contributed by atoms with Crippen molar-refractivity contribution >= 4 is 21.6 Å². The molecule has 168 valence electrons. The van der Waals surface area contributed by atoms with Gasteiger partial charge in [-0.3, -0.25) is 9.52 Å². The fourth-order valence-electron chi connectivity index (χ4n) is 4.17. The van der Waals surface area contributed by atoms with Crippen LogP contribution in [0.25, 0.3) is 0 Å². The monoisotopic (exact) mass is 444 g/mol. The third-order valence-electron chi connectivity index (χ3n) is 5.77. The van der Waals surface area contributed by atoms with Gasteiger partial charge in [-0.05, 0) is 56.0 Å². The summed E-state index contributed by atoms with van der Waals surface area (Å²) in [6, 6.07) is 13.4. The maximum atomic E-state index is 13.1. The highest BCUT2D eigenvalue weighted by atomic mass is 32.2. The normalized spacial score (nSPS) is 18.9. The van der Waals surface area contributed by atoms with Crippen LogP contribution in [0.2, 0.25) is 0 Å². The first-order chi connectivity index (χ1) is 14.7. The van der Waals surface area contributed by atoms with Gasteiger partial charge in [0.2, 0.25) is 10.0 Å². The summed E-state index contributed by atoms with van der Waals surface area (Å²) in [5.41, 5.74) is 4.37. The van der Waals surface area contributed by atoms with E-state index in [0.717, 1.165) is 22.3 Å². The quantitative estimate of drug-likeness (QED) is 0.672. The molecule has 0 spiro atoms. The van der Waals surface area contributed by atoms with Crippen molar-refractivity contribution in [2.24, 2.45) is 5.92 Å². The van der Waals surface area contributed by atoms with Gasteiger partial charge >= 0.3 is 0 Å². The van der Waals surface area contributed by atoms with Gasteiger partial charge in [-0.25, -0.2) is 8.42 Å². The van der Waals surface area contributed by atoms with E-state index in [9.17, 15) is 13.2 Å². The van der Waals surface area contributed by atoms with Gasteiger partial charge in [0.25, 0.3) is 5.91 Å². The minimum absolute atomic E-state index is 0.0341. The van der Waals surface area contributed by atoms with Crippen molar-refractivity contribution in [1.29, 1.82) is 0 Å². The molecule has 3 rings (SSSR count). The number of sulfonamides is 1. The van der Waals surface area contributed by atoms with Crippen molar-refractivity contribution in [1.82, 2.24) is 4.90 Å². The molecule has 2 atom stereocenters. The van der Waals surface area contributed by atoms with E-state index in [-0.39, 0.29) is 23.7 Å². The van der Waals surface area contributed by atoms with Crippen LogP contribution in [0, 0.1) is 19.8 Å². The van der Waals surface area contributed by atoms with Crippen LogP contribution < -0.4 is 4.72 Å². The lowest BCUT2D eigenvalue weighted by Crippen LogP contribution is -2.30. The molecule has 1 fully saturated rings. The lowest BCUT2D eigenvalue weighted by molar-refractivity contribution is 0.0679. The maximum absolute atomic E-state index is 13.1. The lowest BCUT2D eigenvalue weighted by atomic mass is 9.96. The first-order valence-corrected chi connectivity index (χ1v) is 12.4. The minimum Gasteiger partial charge on any atom is -0.379 e. The first-order valence-electron chi connectivity index (χ1n) is 10.7. The molecule has 2 aromatic rings. The van der Waals surface area contributed by atoms with E-state index in [1.54, 1.807) is 13.2 Å². The Kier molecular flexibility index (Phi) is 7.38. The first kappa shape index (κ1) is 23.3. The summed E-state index contributed by atoms with van der Waals surface area (Å²) in [5, 5.41) is 0. The SMILES string of the molecule is CCCS(=O)(=O)Nc1cccc(CC2CN(C(=O)c3cc(C)ccc3C)CC2OC)c1. The Labute approximate surface area is 185 Å². The van der Waals surface area contributed by atoms with Gasteiger partial charge in [-0.1, -0.05) is 36.8 Å². The molecule has 0 aromatic heterocycles. The second-order valence-electron chi connectivity index (χ2n) is 8.39. The molecule has 1 saturated heterocycles. The Morgan fingerprint density at radius 2 is 1.94 bits per heavy atom. The summed E-state index contributed by atoms with van der Waals surface area (Å²) in [4.78, 5) is 15.0. The topological polar surface area (TPSA) is 75.7 Å². The van der Waals surface area contributed by atoms with Crippen LogP contribution in [-0.2, 0) is 21.2 Å². The van der Waals surface area contributed by atoms with Crippen LogP contribution >= 0.6 is 0 Å². The van der Waals surface area contributed by atoms with Gasteiger partial charge in [0.15, 0.2) is 0 Å². The number of rotatable bonds is 8. The van der Waals surface area contributed by atoms with Crippen molar-refractivity contribution in [2.45, 2.75) is 39.7 Å². The van der Waals surface area contributed by atoms with Crippen molar-refractivity contribution in [3.8, 4) is 0 Å². The molecule has 1 amide bonds. The summed E-state index contributed by atoms with van der Waals surface area (Å²) < 4.78 is 32.5. The number of ether oxygens (including phenoxy) is 1. The summed E-state index contributed by atoms with van der Waals surface area (Å²) >= 11 is 0. The lowest BCUT2D eigenvalue weighted by Gasteiger charge is -2.18. The molecule has 7 heteroatoms. The molecule has 1 N–H and O–H groups in total. The van der Waals surface area contributed by atoms with Gasteiger partial charge in [-0.15, -0.1) is 0 Å². The number of amides is 1. The number of carbonyl (C=O) groups is 1. The molecular weight excluding hydrogens is 412 g/mol. The van der Waals surface area contributed by atoms with Gasteiger partial charge in [0.05, 0.1) is 11.9 Å². The Balaban J connectivity index is 1.73. The second kappa shape index (κ2) is 9.83. The number of carbonyl (C=O) groups excluding carboxylic acids is 1. The van der Waals surface area contributed by atoms with Crippen LogP contribution in [0.15, 0.2) is 42.5 Å². The fourth-order valence-corrected chi connectivity index (χ4v) is 5.30. The Morgan fingerprint density at radius 3 is 2.65 bits per heavy atom. The van der Waals surface area contributed by atoms with E-state index < -0.39 is 10.0 Å². The third-order valence-corrected chi connectivity index (χ3v) is 7.26. The number of hydrogen-bond acceptors (Lipinski definition) is 4. The van der Waals surface area contributed by atoms with Gasteiger partial charge in [0, 0.05) is 37.4 Å². The zero-order valence-corrected chi connectivity index (χ0v) is 19.5. The van der Waals surface area contributed by atoms with E-state index in [0.29, 0.717) is 31.6 Å². The van der Waals surface area contributed by atoms with E-state index in [2.05, 4.69) is 4.72 Å². The van der Waals surface area contributed by atoms with E-state index in [4.69, 9.17) is 4.74 Å². The molecule has 1 aliphatic heterocycles. The standard InChI is InChI=1S/C24H32N2O4S/c1-5-11-31(28,29)25-21-8-6-7-19(14-21)13-20-15-26(16-23(20)30-4)24(27)22-12-17(2)9-10-18(22)3/h6-10,12,14,20,23,25H,5,11,13,15-16H2,1-4H3. The maximum Gasteiger partial charge on any atom is 0.254 e. The van der Waals surface area contributed by atoms with E-state index in [1.807, 2.05) is 62.1 Å². The summed E-state index contributed by atoms with van der Waals surface area (Å²) in [5.74, 6) is 0.273. The van der Waals surface area contributed by atoms with Gasteiger partial charge in [0.1, 0.15) is 0 Å². The van der Waals surface area contributed by atoms with Crippen molar-refractivity contribution in [2.75, 3.05) is 30.7 Å².